The summed E-state index contributed by atoms with van der Waals surface area (Å²) in [5, 5.41) is 6.79. The van der Waals surface area contributed by atoms with Gasteiger partial charge in [0, 0.05) is 16.8 Å². The molecule has 148 valence electrons. The summed E-state index contributed by atoms with van der Waals surface area (Å²) in [5.74, 6) is -0.138. The van der Waals surface area contributed by atoms with E-state index >= 15 is 4.39 Å². The lowest BCUT2D eigenvalue weighted by Gasteiger charge is -2.20. The standard InChI is InChI=1S/C26H24FN2Si/c1-15-12-19(27)24-18-8-6-7-9-20(18)29-21-14-17(30(3,4)5)13-16-10-11-28(2)25(23(16)21)22(15)26(24)29/h6-14H,1-5H3/q+1. The monoisotopic (exact) mass is 411 g/mol. The minimum atomic E-state index is -1.54. The van der Waals surface area contributed by atoms with E-state index in [1.807, 2.05) is 19.1 Å². The van der Waals surface area contributed by atoms with Crippen LogP contribution in [0.1, 0.15) is 5.56 Å². The molecule has 3 aromatic carbocycles. The predicted molar refractivity (Wildman–Crippen MR) is 127 cm³/mol. The number of pyridine rings is 2. The van der Waals surface area contributed by atoms with Crippen LogP contribution < -0.4 is 9.75 Å². The summed E-state index contributed by atoms with van der Waals surface area (Å²) in [6, 6.07) is 16.9. The SMILES string of the molecule is Cc1cc(F)c2c3ccccc3n3c4cc([Si](C)(C)C)cc5cc[n+](C)c(c1c23)c54. The Balaban J connectivity index is 2.09. The van der Waals surface area contributed by atoms with E-state index in [1.54, 1.807) is 6.07 Å². The molecule has 4 heteroatoms. The Labute approximate surface area is 175 Å². The lowest BCUT2D eigenvalue weighted by molar-refractivity contribution is -0.643. The highest BCUT2D eigenvalue weighted by Crippen LogP contribution is 2.41. The smallest absolute Gasteiger partial charge is 0.224 e. The number of rotatable bonds is 1. The molecule has 0 aliphatic heterocycles. The van der Waals surface area contributed by atoms with Crippen molar-refractivity contribution in [3.8, 4) is 0 Å². The van der Waals surface area contributed by atoms with Gasteiger partial charge in [0.05, 0.1) is 35.4 Å². The fourth-order valence-corrected chi connectivity index (χ4v) is 6.34. The van der Waals surface area contributed by atoms with Crippen LogP contribution in [0.4, 0.5) is 4.39 Å². The summed E-state index contributed by atoms with van der Waals surface area (Å²) in [7, 11) is 0.552. The third-order valence-electron chi connectivity index (χ3n) is 6.65. The Bertz CT molecular complexity index is 1650. The van der Waals surface area contributed by atoms with Gasteiger partial charge in [-0.2, -0.15) is 0 Å². The molecule has 0 saturated heterocycles. The van der Waals surface area contributed by atoms with Crippen molar-refractivity contribution in [2.24, 2.45) is 7.05 Å². The molecule has 0 fully saturated rings. The Morgan fingerprint density at radius 1 is 0.900 bits per heavy atom. The molecule has 0 amide bonds. The lowest BCUT2D eigenvalue weighted by atomic mass is 9.99. The first kappa shape index (κ1) is 17.8. The number of aryl methyl sites for hydroxylation is 2. The van der Waals surface area contributed by atoms with Gasteiger partial charge in [0.2, 0.25) is 5.52 Å². The third-order valence-corrected chi connectivity index (χ3v) is 8.67. The minimum absolute atomic E-state index is 0.138. The molecule has 30 heavy (non-hydrogen) atoms. The van der Waals surface area contributed by atoms with Crippen LogP contribution in [0.2, 0.25) is 19.6 Å². The minimum Gasteiger partial charge on any atom is -0.307 e. The molecule has 0 spiro atoms. The zero-order valence-electron chi connectivity index (χ0n) is 18.0. The molecule has 3 heterocycles. The molecule has 0 atom stereocenters. The zero-order valence-corrected chi connectivity index (χ0v) is 19.0. The highest BCUT2D eigenvalue weighted by molar-refractivity contribution is 6.89. The maximum atomic E-state index is 15.4. The lowest BCUT2D eigenvalue weighted by Crippen LogP contribution is -2.38. The van der Waals surface area contributed by atoms with E-state index in [2.05, 4.69) is 72.2 Å². The van der Waals surface area contributed by atoms with E-state index in [1.165, 1.54) is 27.0 Å². The van der Waals surface area contributed by atoms with Gasteiger partial charge in [0.15, 0.2) is 6.20 Å². The first-order valence-corrected chi connectivity index (χ1v) is 14.0. The molecular formula is C26H24FN2Si+. The first-order valence-electron chi connectivity index (χ1n) is 10.5. The largest absolute Gasteiger partial charge is 0.307 e. The fourth-order valence-electron chi connectivity index (χ4n) is 5.18. The van der Waals surface area contributed by atoms with E-state index < -0.39 is 8.07 Å². The number of aromatic nitrogens is 2. The van der Waals surface area contributed by atoms with E-state index in [4.69, 9.17) is 0 Å². The van der Waals surface area contributed by atoms with Gasteiger partial charge in [-0.15, -0.1) is 0 Å². The second kappa shape index (κ2) is 5.58. The van der Waals surface area contributed by atoms with E-state index in [0.717, 1.165) is 32.8 Å². The molecule has 0 unspecified atom stereocenters. The number of nitrogens with zero attached hydrogens (tertiary/aromatic N) is 2. The topological polar surface area (TPSA) is 8.29 Å². The number of benzene rings is 3. The van der Waals surface area contributed by atoms with Crippen molar-refractivity contribution in [1.29, 1.82) is 0 Å². The molecule has 0 radical (unpaired) electrons. The number of halogens is 1. The average molecular weight is 412 g/mol. The van der Waals surface area contributed by atoms with Crippen LogP contribution in [0.5, 0.6) is 0 Å². The van der Waals surface area contributed by atoms with Crippen LogP contribution in [0.25, 0.3) is 49.0 Å². The Kier molecular flexibility index (Phi) is 3.32. The van der Waals surface area contributed by atoms with E-state index in [-0.39, 0.29) is 5.82 Å². The third kappa shape index (κ3) is 2.09. The summed E-state index contributed by atoms with van der Waals surface area (Å²) < 4.78 is 19.9. The maximum absolute atomic E-state index is 15.4. The zero-order chi connectivity index (χ0) is 20.9. The Morgan fingerprint density at radius 2 is 1.67 bits per heavy atom. The van der Waals surface area contributed by atoms with Crippen molar-refractivity contribution >= 4 is 62.3 Å². The number of fused-ring (bicyclic) bond motifs is 5. The molecule has 6 rings (SSSR count). The van der Waals surface area contributed by atoms with Gasteiger partial charge in [0.1, 0.15) is 12.9 Å². The predicted octanol–water partition coefficient (Wildman–Crippen LogP) is 5.81. The van der Waals surface area contributed by atoms with Crippen LogP contribution in [0, 0.1) is 12.7 Å². The van der Waals surface area contributed by atoms with Crippen molar-refractivity contribution < 1.29 is 8.96 Å². The van der Waals surface area contributed by atoms with Crippen molar-refractivity contribution in [2.75, 3.05) is 0 Å². The Morgan fingerprint density at radius 3 is 2.43 bits per heavy atom. The molecule has 6 aromatic rings. The molecule has 0 aliphatic rings. The average Bonchev–Trinajstić information content (AvgIpc) is 3.04. The summed E-state index contributed by atoms with van der Waals surface area (Å²) in [5.41, 5.74) is 5.41. The molecular weight excluding hydrogens is 387 g/mol. The number of hydrogen-bond acceptors (Lipinski definition) is 0. The molecule has 0 N–H and O–H groups in total. The van der Waals surface area contributed by atoms with Crippen LogP contribution in [-0.2, 0) is 7.05 Å². The van der Waals surface area contributed by atoms with Gasteiger partial charge < -0.3 is 4.40 Å². The summed E-state index contributed by atoms with van der Waals surface area (Å²) in [6.07, 6.45) is 2.14. The summed E-state index contributed by atoms with van der Waals surface area (Å²) >= 11 is 0. The molecule has 0 saturated carbocycles. The maximum Gasteiger partial charge on any atom is 0.224 e. The molecule has 2 nitrogen and oxygen atoms in total. The second-order valence-electron chi connectivity index (χ2n) is 9.61. The quantitative estimate of drug-likeness (QED) is 0.140. The van der Waals surface area contributed by atoms with Crippen LogP contribution >= 0.6 is 0 Å². The molecule has 3 aromatic heterocycles. The molecule has 0 aliphatic carbocycles. The number of hydrogen-bond donors (Lipinski definition) is 0. The van der Waals surface area contributed by atoms with Crippen molar-refractivity contribution in [3.63, 3.8) is 0 Å². The van der Waals surface area contributed by atoms with Gasteiger partial charge >= 0.3 is 0 Å². The van der Waals surface area contributed by atoms with Crippen LogP contribution in [0.15, 0.2) is 54.7 Å². The van der Waals surface area contributed by atoms with Gasteiger partial charge in [-0.25, -0.2) is 8.96 Å². The first-order chi connectivity index (χ1) is 14.3. The van der Waals surface area contributed by atoms with E-state index in [9.17, 15) is 0 Å². The van der Waals surface area contributed by atoms with Crippen molar-refractivity contribution in [3.05, 3.63) is 66.1 Å². The van der Waals surface area contributed by atoms with Crippen LogP contribution in [-0.4, -0.2) is 12.5 Å². The second-order valence-corrected chi connectivity index (χ2v) is 14.7. The fraction of sp³-hybridized carbons (Fsp3) is 0.192. The van der Waals surface area contributed by atoms with Crippen LogP contribution in [0.3, 0.4) is 0 Å². The van der Waals surface area contributed by atoms with Gasteiger partial charge in [-0.05, 0) is 36.1 Å². The van der Waals surface area contributed by atoms with Gasteiger partial charge in [-0.3, -0.25) is 0 Å². The van der Waals surface area contributed by atoms with Gasteiger partial charge in [-0.1, -0.05) is 49.1 Å². The summed E-state index contributed by atoms with van der Waals surface area (Å²) in [4.78, 5) is 0. The summed E-state index contributed by atoms with van der Waals surface area (Å²) in [6.45, 7) is 9.18. The normalized spacial score (nSPS) is 13.0. The highest BCUT2D eigenvalue weighted by Gasteiger charge is 2.27. The van der Waals surface area contributed by atoms with E-state index in [0.29, 0.717) is 0 Å². The van der Waals surface area contributed by atoms with Crippen molar-refractivity contribution in [1.82, 2.24) is 4.40 Å². The van der Waals surface area contributed by atoms with Crippen molar-refractivity contribution in [2.45, 2.75) is 26.6 Å². The molecule has 0 bridgehead atoms. The Hall–Kier alpha value is -2.98. The van der Waals surface area contributed by atoms with Gasteiger partial charge in [0.25, 0.3) is 0 Å². The number of para-hydroxylation sites is 1. The highest BCUT2D eigenvalue weighted by atomic mass is 28.3.